The third kappa shape index (κ3) is 2.29. The van der Waals surface area contributed by atoms with Crippen LogP contribution in [0.1, 0.15) is 13.3 Å². The first-order valence-corrected chi connectivity index (χ1v) is 6.41. The van der Waals surface area contributed by atoms with Gasteiger partial charge < -0.3 is 14.4 Å². The van der Waals surface area contributed by atoms with Gasteiger partial charge in [-0.2, -0.15) is 4.80 Å². The van der Waals surface area contributed by atoms with Gasteiger partial charge in [-0.25, -0.2) is 0 Å². The van der Waals surface area contributed by atoms with E-state index in [-0.39, 0.29) is 12.5 Å². The summed E-state index contributed by atoms with van der Waals surface area (Å²) in [7, 11) is 0. The van der Waals surface area contributed by atoms with E-state index in [1.165, 1.54) is 11.1 Å². The predicted octanol–water partition coefficient (Wildman–Crippen LogP) is -0.0836. The smallest absolute Gasteiger partial charge is 0.246 e. The van der Waals surface area contributed by atoms with Crippen molar-refractivity contribution in [1.29, 1.82) is 0 Å². The lowest BCUT2D eigenvalue weighted by Gasteiger charge is -2.45. The maximum Gasteiger partial charge on any atom is 0.246 e. The van der Waals surface area contributed by atoms with Gasteiger partial charge in [0.1, 0.15) is 6.54 Å². The van der Waals surface area contributed by atoms with Crippen molar-refractivity contribution in [2.45, 2.75) is 25.5 Å². The Morgan fingerprint density at radius 1 is 1.55 bits per heavy atom. The molecule has 20 heavy (non-hydrogen) atoms. The Morgan fingerprint density at radius 2 is 2.35 bits per heavy atom. The zero-order valence-electron chi connectivity index (χ0n) is 11.1. The molecule has 8 nitrogen and oxygen atoms in total. The first-order chi connectivity index (χ1) is 9.59. The van der Waals surface area contributed by atoms with Crippen LogP contribution in [0, 0.1) is 0 Å². The molecule has 3 rings (SSSR count). The summed E-state index contributed by atoms with van der Waals surface area (Å²) in [5.41, 5.74) is -0.731. The van der Waals surface area contributed by atoms with Crippen LogP contribution in [-0.2, 0) is 11.3 Å². The second kappa shape index (κ2) is 4.71. The first-order valence-electron chi connectivity index (χ1n) is 6.41. The molecule has 0 spiro atoms. The highest BCUT2D eigenvalue weighted by Gasteiger charge is 2.41. The van der Waals surface area contributed by atoms with Crippen LogP contribution in [0.4, 0.5) is 0 Å². The fourth-order valence-corrected chi connectivity index (χ4v) is 2.10. The van der Waals surface area contributed by atoms with Crippen LogP contribution in [-0.4, -0.2) is 54.8 Å². The fourth-order valence-electron chi connectivity index (χ4n) is 2.10. The molecule has 1 aliphatic heterocycles. The van der Waals surface area contributed by atoms with E-state index in [9.17, 15) is 9.90 Å². The lowest BCUT2D eigenvalue weighted by atomic mass is 9.91. The van der Waals surface area contributed by atoms with E-state index in [4.69, 9.17) is 4.42 Å². The van der Waals surface area contributed by atoms with E-state index in [2.05, 4.69) is 15.4 Å². The van der Waals surface area contributed by atoms with Crippen molar-refractivity contribution >= 4 is 5.91 Å². The number of nitrogens with zero attached hydrogens (tertiary/aromatic N) is 5. The fraction of sp³-hybridized carbons (Fsp3) is 0.500. The predicted molar refractivity (Wildman–Crippen MR) is 67.3 cm³/mol. The Balaban J connectivity index is 1.60. The molecular weight excluding hydrogens is 262 g/mol. The Bertz CT molecular complexity index is 600. The molecule has 8 heteroatoms. The Morgan fingerprint density at radius 3 is 3.00 bits per heavy atom. The van der Waals surface area contributed by atoms with Crippen molar-refractivity contribution in [1.82, 2.24) is 25.1 Å². The monoisotopic (exact) mass is 277 g/mol. The van der Waals surface area contributed by atoms with Crippen molar-refractivity contribution in [3.8, 4) is 11.6 Å². The van der Waals surface area contributed by atoms with Crippen molar-refractivity contribution in [3.63, 3.8) is 0 Å². The lowest BCUT2D eigenvalue weighted by Crippen LogP contribution is -2.63. The van der Waals surface area contributed by atoms with Gasteiger partial charge in [0.25, 0.3) is 0 Å². The number of aliphatic hydroxyl groups is 1. The van der Waals surface area contributed by atoms with Gasteiger partial charge in [-0.05, 0) is 23.8 Å². The zero-order valence-corrected chi connectivity index (χ0v) is 11.1. The third-order valence-electron chi connectivity index (χ3n) is 3.45. The van der Waals surface area contributed by atoms with Crippen molar-refractivity contribution in [3.05, 3.63) is 18.4 Å². The van der Waals surface area contributed by atoms with Crippen LogP contribution in [0.5, 0.6) is 0 Å². The minimum atomic E-state index is -0.731. The number of amides is 1. The van der Waals surface area contributed by atoms with Crippen LogP contribution in [0.15, 0.2) is 22.8 Å². The molecule has 1 fully saturated rings. The van der Waals surface area contributed by atoms with Gasteiger partial charge in [0, 0.05) is 0 Å². The van der Waals surface area contributed by atoms with E-state index >= 15 is 0 Å². The molecule has 0 radical (unpaired) electrons. The standard InChI is InChI=1S/C12H15N5O3/c1-2-12(19)7-16(8-12)10(18)6-17-14-11(13-15-17)9-4-3-5-20-9/h3-5,19H,2,6-8H2,1H3. The quantitative estimate of drug-likeness (QED) is 0.839. The van der Waals surface area contributed by atoms with Gasteiger partial charge in [0.2, 0.25) is 11.7 Å². The molecule has 0 unspecified atom stereocenters. The summed E-state index contributed by atoms with van der Waals surface area (Å²) in [4.78, 5) is 14.8. The summed E-state index contributed by atoms with van der Waals surface area (Å²) in [6.45, 7) is 2.63. The number of furan rings is 1. The van der Waals surface area contributed by atoms with Crippen LogP contribution in [0.3, 0.4) is 0 Å². The van der Waals surface area contributed by atoms with E-state index < -0.39 is 5.60 Å². The minimum Gasteiger partial charge on any atom is -0.461 e. The highest BCUT2D eigenvalue weighted by molar-refractivity contribution is 5.77. The average Bonchev–Trinajstić information content (AvgIpc) is 3.04. The average molecular weight is 277 g/mol. The van der Waals surface area contributed by atoms with Gasteiger partial charge in [0.15, 0.2) is 5.76 Å². The largest absolute Gasteiger partial charge is 0.461 e. The molecule has 2 aromatic heterocycles. The summed E-state index contributed by atoms with van der Waals surface area (Å²) in [6, 6.07) is 3.45. The Hall–Kier alpha value is -2.22. The van der Waals surface area contributed by atoms with Gasteiger partial charge >= 0.3 is 0 Å². The molecule has 1 amide bonds. The van der Waals surface area contributed by atoms with Crippen LogP contribution in [0.25, 0.3) is 11.6 Å². The second-order valence-electron chi connectivity index (χ2n) is 4.95. The topological polar surface area (TPSA) is 97.3 Å². The van der Waals surface area contributed by atoms with Crippen LogP contribution in [0.2, 0.25) is 0 Å². The summed E-state index contributed by atoms with van der Waals surface area (Å²) < 4.78 is 5.15. The molecule has 1 N–H and O–H groups in total. The van der Waals surface area contributed by atoms with Crippen LogP contribution < -0.4 is 0 Å². The molecule has 0 bridgehead atoms. The zero-order chi connectivity index (χ0) is 14.2. The SMILES string of the molecule is CCC1(O)CN(C(=O)Cn2nnc(-c3ccco3)n2)C1. The molecule has 106 valence electrons. The lowest BCUT2D eigenvalue weighted by molar-refractivity contribution is -0.156. The molecule has 0 saturated carbocycles. The number of β-amino-alcohol motifs (C(OH)–C–C–N with tert-alkyl or cyclic N) is 1. The first kappa shape index (κ1) is 12.8. The molecule has 2 aromatic rings. The summed E-state index contributed by atoms with van der Waals surface area (Å²) >= 11 is 0. The number of carbonyl (C=O) groups is 1. The number of likely N-dealkylation sites (tertiary alicyclic amines) is 1. The highest BCUT2D eigenvalue weighted by Crippen LogP contribution is 2.24. The molecule has 0 atom stereocenters. The van der Waals surface area contributed by atoms with E-state index in [0.717, 1.165) is 0 Å². The summed E-state index contributed by atoms with van der Waals surface area (Å²) in [5.74, 6) is 0.719. The van der Waals surface area contributed by atoms with E-state index in [1.807, 2.05) is 6.92 Å². The van der Waals surface area contributed by atoms with Gasteiger partial charge in [0.05, 0.1) is 25.0 Å². The highest BCUT2D eigenvalue weighted by atomic mass is 16.3. The number of tetrazole rings is 1. The third-order valence-corrected chi connectivity index (χ3v) is 3.45. The number of hydrogen-bond donors (Lipinski definition) is 1. The van der Waals surface area contributed by atoms with Crippen molar-refractivity contribution in [2.75, 3.05) is 13.1 Å². The molecule has 1 saturated heterocycles. The maximum atomic E-state index is 12.0. The number of carbonyl (C=O) groups excluding carboxylic acids is 1. The number of aromatic nitrogens is 4. The molecule has 0 aliphatic carbocycles. The molecular formula is C12H15N5O3. The second-order valence-corrected chi connectivity index (χ2v) is 4.95. The summed E-state index contributed by atoms with van der Waals surface area (Å²) in [5, 5.41) is 21.6. The van der Waals surface area contributed by atoms with Crippen molar-refractivity contribution in [2.24, 2.45) is 0 Å². The maximum absolute atomic E-state index is 12.0. The molecule has 3 heterocycles. The Labute approximate surface area is 115 Å². The van der Waals surface area contributed by atoms with Crippen molar-refractivity contribution < 1.29 is 14.3 Å². The Kier molecular flexibility index (Phi) is 3.01. The summed E-state index contributed by atoms with van der Waals surface area (Å²) in [6.07, 6.45) is 2.16. The minimum absolute atomic E-state index is 0.00744. The van der Waals surface area contributed by atoms with E-state index in [0.29, 0.717) is 31.1 Å². The number of rotatable bonds is 4. The molecule has 0 aromatic carbocycles. The van der Waals surface area contributed by atoms with Crippen LogP contribution >= 0.6 is 0 Å². The molecule has 1 aliphatic rings. The van der Waals surface area contributed by atoms with Gasteiger partial charge in [-0.15, -0.1) is 10.2 Å². The normalized spacial score (nSPS) is 17.0. The van der Waals surface area contributed by atoms with E-state index in [1.54, 1.807) is 17.0 Å². The van der Waals surface area contributed by atoms with Gasteiger partial charge in [-0.3, -0.25) is 4.79 Å². The number of hydrogen-bond acceptors (Lipinski definition) is 6. The van der Waals surface area contributed by atoms with Gasteiger partial charge in [-0.1, -0.05) is 6.92 Å².